The van der Waals surface area contributed by atoms with Crippen LogP contribution in [0.25, 0.3) is 0 Å². The summed E-state index contributed by atoms with van der Waals surface area (Å²) in [5.41, 5.74) is 0.391. The maximum atomic E-state index is 11.3. The Hall–Kier alpha value is -1.58. The van der Waals surface area contributed by atoms with Crippen molar-refractivity contribution in [2.24, 2.45) is 0 Å². The van der Waals surface area contributed by atoms with Crippen molar-refractivity contribution in [2.45, 2.75) is 18.9 Å². The number of carbonyl (C=O) groups excluding carboxylic acids is 1. The van der Waals surface area contributed by atoms with Crippen molar-refractivity contribution in [3.05, 3.63) is 23.9 Å². The molecule has 1 aromatic rings. The maximum absolute atomic E-state index is 11.3. The van der Waals surface area contributed by atoms with Gasteiger partial charge in [0.25, 0.3) is 0 Å². The lowest BCUT2D eigenvalue weighted by Crippen LogP contribution is -2.08. The molecule has 0 radical (unpaired) electrons. The minimum absolute atomic E-state index is 0.230. The van der Waals surface area contributed by atoms with Crippen LogP contribution < -0.4 is 4.74 Å². The lowest BCUT2D eigenvalue weighted by Gasteiger charge is -2.06. The molecule has 0 saturated heterocycles. The Balaban J connectivity index is 2.22. The summed E-state index contributed by atoms with van der Waals surface area (Å²) in [6, 6.07) is 3.34. The summed E-state index contributed by atoms with van der Waals surface area (Å²) < 4.78 is 10.1. The second kappa shape index (κ2) is 3.65. The molecule has 0 aromatic carbocycles. The molecule has 0 spiro atoms. The molecule has 0 unspecified atom stereocenters. The molecule has 0 atom stereocenters. The molecule has 4 heteroatoms. The summed E-state index contributed by atoms with van der Waals surface area (Å²) in [6.07, 6.45) is 3.91. The number of rotatable bonds is 3. The highest BCUT2D eigenvalue weighted by molar-refractivity contribution is 5.91. The Bertz CT molecular complexity index is 347. The summed E-state index contributed by atoms with van der Waals surface area (Å²) in [6.45, 7) is 0. The van der Waals surface area contributed by atoms with Gasteiger partial charge >= 0.3 is 5.97 Å². The van der Waals surface area contributed by atoms with Gasteiger partial charge < -0.3 is 9.47 Å². The second-order valence-corrected chi connectivity index (χ2v) is 3.16. The molecule has 1 aromatic heterocycles. The van der Waals surface area contributed by atoms with E-state index in [-0.39, 0.29) is 6.10 Å². The fourth-order valence-electron chi connectivity index (χ4n) is 1.09. The van der Waals surface area contributed by atoms with Crippen LogP contribution in [-0.2, 0) is 4.74 Å². The number of pyridine rings is 1. The highest BCUT2D eigenvalue weighted by Crippen LogP contribution is 2.27. The van der Waals surface area contributed by atoms with Gasteiger partial charge in [-0.15, -0.1) is 0 Å². The Morgan fingerprint density at radius 1 is 1.57 bits per heavy atom. The molecule has 0 N–H and O–H groups in total. The van der Waals surface area contributed by atoms with Crippen LogP contribution in [0.3, 0.4) is 0 Å². The molecule has 14 heavy (non-hydrogen) atoms. The zero-order chi connectivity index (χ0) is 9.97. The van der Waals surface area contributed by atoms with Crippen molar-refractivity contribution in [2.75, 3.05) is 7.11 Å². The van der Waals surface area contributed by atoms with Crippen molar-refractivity contribution in [1.29, 1.82) is 0 Å². The van der Waals surface area contributed by atoms with E-state index in [0.717, 1.165) is 12.8 Å². The molecule has 0 bridgehead atoms. The molecular weight excluding hydrogens is 182 g/mol. The minimum Gasteiger partial charge on any atom is -0.474 e. The molecule has 1 heterocycles. The van der Waals surface area contributed by atoms with Gasteiger partial charge in [-0.25, -0.2) is 9.78 Å². The first-order valence-electron chi connectivity index (χ1n) is 4.51. The number of aromatic nitrogens is 1. The van der Waals surface area contributed by atoms with E-state index in [4.69, 9.17) is 4.74 Å². The van der Waals surface area contributed by atoms with Crippen LogP contribution in [0.4, 0.5) is 0 Å². The van der Waals surface area contributed by atoms with E-state index < -0.39 is 5.97 Å². The molecule has 1 fully saturated rings. The monoisotopic (exact) mass is 193 g/mol. The maximum Gasteiger partial charge on any atom is 0.343 e. The van der Waals surface area contributed by atoms with Crippen LogP contribution in [-0.4, -0.2) is 24.2 Å². The number of nitrogens with zero attached hydrogens (tertiary/aromatic N) is 1. The van der Waals surface area contributed by atoms with Crippen molar-refractivity contribution in [3.63, 3.8) is 0 Å². The summed E-state index contributed by atoms with van der Waals surface area (Å²) >= 11 is 0. The number of methoxy groups -OCH3 is 1. The van der Waals surface area contributed by atoms with E-state index in [1.165, 1.54) is 7.11 Å². The largest absolute Gasteiger partial charge is 0.474 e. The molecule has 1 aliphatic carbocycles. The van der Waals surface area contributed by atoms with E-state index in [1.54, 1.807) is 18.3 Å². The summed E-state index contributed by atoms with van der Waals surface area (Å²) in [5.74, 6) is -0.0319. The third-order valence-electron chi connectivity index (χ3n) is 1.98. The first-order chi connectivity index (χ1) is 6.81. The zero-order valence-electron chi connectivity index (χ0n) is 7.90. The molecule has 0 aliphatic heterocycles. The smallest absolute Gasteiger partial charge is 0.343 e. The molecular formula is C10H11NO3. The summed E-state index contributed by atoms with van der Waals surface area (Å²) in [4.78, 5) is 15.3. The van der Waals surface area contributed by atoms with Crippen LogP contribution in [0.15, 0.2) is 18.3 Å². The Kier molecular flexibility index (Phi) is 2.35. The van der Waals surface area contributed by atoms with Crippen molar-refractivity contribution in [1.82, 2.24) is 4.98 Å². The van der Waals surface area contributed by atoms with Gasteiger partial charge in [0, 0.05) is 6.20 Å². The lowest BCUT2D eigenvalue weighted by molar-refractivity contribution is 0.0594. The minimum atomic E-state index is -0.409. The van der Waals surface area contributed by atoms with Crippen LogP contribution in [0, 0.1) is 0 Å². The fourth-order valence-corrected chi connectivity index (χ4v) is 1.09. The average molecular weight is 193 g/mol. The van der Waals surface area contributed by atoms with Crippen LogP contribution >= 0.6 is 0 Å². The predicted molar refractivity (Wildman–Crippen MR) is 49.2 cm³/mol. The van der Waals surface area contributed by atoms with Crippen LogP contribution in [0.1, 0.15) is 23.2 Å². The third kappa shape index (κ3) is 1.84. The van der Waals surface area contributed by atoms with Crippen LogP contribution in [0.5, 0.6) is 5.88 Å². The summed E-state index contributed by atoms with van der Waals surface area (Å²) in [7, 11) is 1.34. The molecule has 2 rings (SSSR count). The van der Waals surface area contributed by atoms with Gasteiger partial charge in [0.15, 0.2) is 0 Å². The van der Waals surface area contributed by atoms with E-state index in [9.17, 15) is 4.79 Å². The number of hydrogen-bond acceptors (Lipinski definition) is 4. The average Bonchev–Trinajstić information content (AvgIpc) is 3.01. The van der Waals surface area contributed by atoms with E-state index in [0.29, 0.717) is 11.4 Å². The standard InChI is InChI=1S/C10H11NO3/c1-13-10(12)8-3-2-6-11-9(8)14-7-4-5-7/h2-3,6-7H,4-5H2,1H3. The molecule has 1 saturated carbocycles. The zero-order valence-corrected chi connectivity index (χ0v) is 7.90. The third-order valence-corrected chi connectivity index (χ3v) is 1.98. The molecule has 0 amide bonds. The highest BCUT2D eigenvalue weighted by atomic mass is 16.5. The van der Waals surface area contributed by atoms with Gasteiger partial charge in [-0.1, -0.05) is 0 Å². The van der Waals surface area contributed by atoms with Crippen molar-refractivity contribution < 1.29 is 14.3 Å². The number of carbonyl (C=O) groups is 1. The quantitative estimate of drug-likeness (QED) is 0.681. The fraction of sp³-hybridized carbons (Fsp3) is 0.400. The Morgan fingerprint density at radius 3 is 3.00 bits per heavy atom. The summed E-state index contributed by atoms with van der Waals surface area (Å²) in [5, 5.41) is 0. The van der Waals surface area contributed by atoms with Gasteiger partial charge in [0.05, 0.1) is 7.11 Å². The lowest BCUT2D eigenvalue weighted by atomic mass is 10.3. The first kappa shape index (κ1) is 8.99. The van der Waals surface area contributed by atoms with Crippen molar-refractivity contribution in [3.8, 4) is 5.88 Å². The van der Waals surface area contributed by atoms with E-state index >= 15 is 0 Å². The first-order valence-corrected chi connectivity index (χ1v) is 4.51. The van der Waals surface area contributed by atoms with Crippen LogP contribution in [0.2, 0.25) is 0 Å². The van der Waals surface area contributed by atoms with Gasteiger partial charge in [0.2, 0.25) is 5.88 Å². The van der Waals surface area contributed by atoms with E-state index in [1.807, 2.05) is 0 Å². The SMILES string of the molecule is COC(=O)c1cccnc1OC1CC1. The highest BCUT2D eigenvalue weighted by Gasteiger charge is 2.26. The Morgan fingerprint density at radius 2 is 2.36 bits per heavy atom. The van der Waals surface area contributed by atoms with Crippen molar-refractivity contribution >= 4 is 5.97 Å². The normalized spacial score (nSPS) is 14.9. The molecule has 1 aliphatic rings. The topological polar surface area (TPSA) is 48.4 Å². The van der Waals surface area contributed by atoms with Gasteiger partial charge in [-0.2, -0.15) is 0 Å². The van der Waals surface area contributed by atoms with Gasteiger partial charge in [-0.3, -0.25) is 0 Å². The second-order valence-electron chi connectivity index (χ2n) is 3.16. The number of esters is 1. The van der Waals surface area contributed by atoms with Gasteiger partial charge in [0.1, 0.15) is 11.7 Å². The number of ether oxygens (including phenoxy) is 2. The predicted octanol–water partition coefficient (Wildman–Crippen LogP) is 1.41. The Labute approximate surface area is 81.9 Å². The number of hydrogen-bond donors (Lipinski definition) is 0. The molecule has 74 valence electrons. The van der Waals surface area contributed by atoms with E-state index in [2.05, 4.69) is 9.72 Å². The molecule has 4 nitrogen and oxygen atoms in total. The van der Waals surface area contributed by atoms with Gasteiger partial charge in [-0.05, 0) is 25.0 Å².